The Morgan fingerprint density at radius 2 is 1.61 bits per heavy atom. The Labute approximate surface area is 165 Å². The molecule has 0 unspecified atom stereocenters. The third-order valence-corrected chi connectivity index (χ3v) is 4.48. The van der Waals surface area contributed by atoms with Crippen molar-refractivity contribution in [2.45, 2.75) is 39.2 Å². The summed E-state index contributed by atoms with van der Waals surface area (Å²) in [5, 5.41) is 10.3. The number of anilines is 3. The smallest absolute Gasteiger partial charge is 0.229 e. The highest BCUT2D eigenvalue weighted by atomic mass is 15.2. The van der Waals surface area contributed by atoms with Crippen LogP contribution in [0, 0.1) is 0 Å². The van der Waals surface area contributed by atoms with E-state index in [9.17, 15) is 0 Å². The Kier molecular flexibility index (Phi) is 4.77. The van der Waals surface area contributed by atoms with Gasteiger partial charge in [-0.05, 0) is 76.1 Å². The first-order valence-electron chi connectivity index (χ1n) is 9.57. The molecule has 6 nitrogen and oxygen atoms in total. The van der Waals surface area contributed by atoms with Gasteiger partial charge in [0.05, 0.1) is 0 Å². The fraction of sp³-hybridized carbons (Fsp3) is 0.273. The largest absolute Gasteiger partial charge is 0.382 e. The molecule has 2 aromatic heterocycles. The van der Waals surface area contributed by atoms with Gasteiger partial charge in [0.2, 0.25) is 5.95 Å². The summed E-state index contributed by atoms with van der Waals surface area (Å²) in [6.45, 7) is 6.51. The van der Waals surface area contributed by atoms with E-state index in [-0.39, 0.29) is 5.54 Å². The van der Waals surface area contributed by atoms with Crippen molar-refractivity contribution in [1.29, 1.82) is 0 Å². The number of benzene rings is 1. The predicted molar refractivity (Wildman–Crippen MR) is 114 cm³/mol. The zero-order valence-electron chi connectivity index (χ0n) is 16.5. The van der Waals surface area contributed by atoms with Crippen LogP contribution in [0.3, 0.4) is 0 Å². The predicted octanol–water partition coefficient (Wildman–Crippen LogP) is 4.82. The van der Waals surface area contributed by atoms with Crippen LogP contribution in [0.4, 0.5) is 17.5 Å². The quantitative estimate of drug-likeness (QED) is 0.577. The van der Waals surface area contributed by atoms with E-state index in [1.54, 1.807) is 6.20 Å². The van der Waals surface area contributed by atoms with Crippen LogP contribution < -0.4 is 16.0 Å². The minimum Gasteiger partial charge on any atom is -0.382 e. The van der Waals surface area contributed by atoms with Gasteiger partial charge in [-0.3, -0.25) is 0 Å². The van der Waals surface area contributed by atoms with Crippen molar-refractivity contribution in [3.63, 3.8) is 0 Å². The molecular formula is C22H26N6. The van der Waals surface area contributed by atoms with Crippen molar-refractivity contribution in [2.75, 3.05) is 10.6 Å². The van der Waals surface area contributed by atoms with E-state index < -0.39 is 0 Å². The summed E-state index contributed by atoms with van der Waals surface area (Å²) in [5.41, 5.74) is 4.60. The average Bonchev–Trinajstić information content (AvgIpc) is 3.19. The van der Waals surface area contributed by atoms with E-state index in [4.69, 9.17) is 0 Å². The Morgan fingerprint density at radius 1 is 0.893 bits per heavy atom. The molecule has 0 bridgehead atoms. The van der Waals surface area contributed by atoms with Crippen molar-refractivity contribution in [3.05, 3.63) is 72.4 Å². The first-order valence-corrected chi connectivity index (χ1v) is 9.57. The molecule has 1 aliphatic rings. The fourth-order valence-corrected chi connectivity index (χ4v) is 3.10. The lowest BCUT2D eigenvalue weighted by Gasteiger charge is -2.32. The van der Waals surface area contributed by atoms with Gasteiger partial charge in [-0.25, -0.2) is 4.98 Å². The molecule has 0 saturated carbocycles. The first kappa shape index (κ1) is 18.1. The monoisotopic (exact) mass is 374 g/mol. The maximum absolute atomic E-state index is 4.59. The van der Waals surface area contributed by atoms with Crippen LogP contribution >= 0.6 is 0 Å². The van der Waals surface area contributed by atoms with Crippen LogP contribution in [-0.4, -0.2) is 20.1 Å². The Bertz CT molecular complexity index is 965. The molecule has 2 heterocycles. The minimum absolute atomic E-state index is 0.0634. The van der Waals surface area contributed by atoms with Crippen LogP contribution in [0.2, 0.25) is 0 Å². The lowest BCUT2D eigenvalue weighted by molar-refractivity contribution is 0.446. The van der Waals surface area contributed by atoms with E-state index in [0.29, 0.717) is 5.95 Å². The van der Waals surface area contributed by atoms with Crippen LogP contribution in [0.25, 0.3) is 5.69 Å². The number of hydrogen-bond donors (Lipinski definition) is 3. The molecule has 144 valence electrons. The number of rotatable bonds is 6. The summed E-state index contributed by atoms with van der Waals surface area (Å²) in [4.78, 5) is 8.93. The number of hydrogen-bond acceptors (Lipinski definition) is 5. The van der Waals surface area contributed by atoms with Crippen LogP contribution in [0.1, 0.15) is 33.6 Å². The highest BCUT2D eigenvalue weighted by Gasteiger charge is 2.22. The average molecular weight is 374 g/mol. The second-order valence-electron chi connectivity index (χ2n) is 7.98. The highest BCUT2D eigenvalue weighted by Crippen LogP contribution is 2.28. The summed E-state index contributed by atoms with van der Waals surface area (Å²) in [5.74, 6) is 1.37. The molecule has 3 N–H and O–H groups in total. The number of nitrogens with zero attached hydrogens (tertiary/aromatic N) is 3. The third-order valence-electron chi connectivity index (χ3n) is 4.48. The van der Waals surface area contributed by atoms with Crippen molar-refractivity contribution in [3.8, 4) is 5.69 Å². The zero-order chi connectivity index (χ0) is 19.6. The highest BCUT2D eigenvalue weighted by molar-refractivity contribution is 5.57. The lowest BCUT2D eigenvalue weighted by Crippen LogP contribution is -2.38. The SMILES string of the molecule is CC(C)(C)NC1=C(Nc2ccnc(Nc3ccc(-n4cccc4)cc3)n2)CC1. The summed E-state index contributed by atoms with van der Waals surface area (Å²) in [7, 11) is 0. The molecule has 0 fully saturated rings. The zero-order valence-corrected chi connectivity index (χ0v) is 16.5. The van der Waals surface area contributed by atoms with E-state index in [0.717, 1.165) is 30.0 Å². The van der Waals surface area contributed by atoms with Gasteiger partial charge in [0, 0.05) is 46.9 Å². The van der Waals surface area contributed by atoms with Gasteiger partial charge >= 0.3 is 0 Å². The standard InChI is InChI=1S/C22H26N6/c1-22(2,3)27-19-11-10-18(19)25-20-12-13-23-21(26-20)24-16-6-8-17(9-7-16)28-14-4-5-15-28/h4-9,12-15,27H,10-11H2,1-3H3,(H2,23,24,25,26). The van der Waals surface area contributed by atoms with E-state index >= 15 is 0 Å². The van der Waals surface area contributed by atoms with Gasteiger partial charge in [0.1, 0.15) is 5.82 Å². The lowest BCUT2D eigenvalue weighted by atomic mass is 9.97. The van der Waals surface area contributed by atoms with Crippen molar-refractivity contribution in [2.24, 2.45) is 0 Å². The molecule has 1 aliphatic carbocycles. The van der Waals surface area contributed by atoms with Gasteiger partial charge in [0.15, 0.2) is 0 Å². The molecule has 0 spiro atoms. The van der Waals surface area contributed by atoms with Crippen LogP contribution in [0.15, 0.2) is 72.4 Å². The Morgan fingerprint density at radius 3 is 2.25 bits per heavy atom. The molecule has 6 heteroatoms. The molecule has 0 amide bonds. The molecule has 0 saturated heterocycles. The second kappa shape index (κ2) is 7.38. The van der Waals surface area contributed by atoms with E-state index in [2.05, 4.69) is 63.4 Å². The summed E-state index contributed by atoms with van der Waals surface area (Å²) >= 11 is 0. The molecule has 0 aliphatic heterocycles. The molecule has 0 atom stereocenters. The molecule has 4 rings (SSSR count). The first-order chi connectivity index (χ1) is 13.5. The number of nitrogens with one attached hydrogen (secondary N) is 3. The Hall–Kier alpha value is -3.28. The molecule has 28 heavy (non-hydrogen) atoms. The number of allylic oxidation sites excluding steroid dienone is 2. The normalized spacial score (nSPS) is 13.8. The van der Waals surface area contributed by atoms with Crippen molar-refractivity contribution >= 4 is 17.5 Å². The van der Waals surface area contributed by atoms with E-state index in [1.165, 1.54) is 11.4 Å². The maximum atomic E-state index is 4.59. The van der Waals surface area contributed by atoms with Gasteiger partial charge < -0.3 is 20.5 Å². The molecule has 3 aromatic rings. The molecule has 0 radical (unpaired) electrons. The summed E-state index contributed by atoms with van der Waals surface area (Å²) in [6, 6.07) is 14.1. The van der Waals surface area contributed by atoms with Gasteiger partial charge in [-0.2, -0.15) is 4.98 Å². The van der Waals surface area contributed by atoms with Crippen molar-refractivity contribution in [1.82, 2.24) is 19.9 Å². The topological polar surface area (TPSA) is 66.8 Å². The Balaban J connectivity index is 1.44. The van der Waals surface area contributed by atoms with Crippen LogP contribution in [0.5, 0.6) is 0 Å². The van der Waals surface area contributed by atoms with Gasteiger partial charge in [-0.15, -0.1) is 0 Å². The second-order valence-corrected chi connectivity index (χ2v) is 7.98. The molecule has 1 aromatic carbocycles. The summed E-state index contributed by atoms with van der Waals surface area (Å²) in [6.07, 6.45) is 7.93. The third kappa shape index (κ3) is 4.34. The summed E-state index contributed by atoms with van der Waals surface area (Å²) < 4.78 is 2.07. The maximum Gasteiger partial charge on any atom is 0.229 e. The van der Waals surface area contributed by atoms with E-state index in [1.807, 2.05) is 42.7 Å². The molecular weight excluding hydrogens is 348 g/mol. The van der Waals surface area contributed by atoms with Gasteiger partial charge in [0.25, 0.3) is 0 Å². The number of aromatic nitrogens is 3. The fourth-order valence-electron chi connectivity index (χ4n) is 3.10. The van der Waals surface area contributed by atoms with Crippen molar-refractivity contribution < 1.29 is 0 Å². The van der Waals surface area contributed by atoms with Gasteiger partial charge in [-0.1, -0.05) is 0 Å². The minimum atomic E-state index is 0.0634. The van der Waals surface area contributed by atoms with Crippen LogP contribution in [-0.2, 0) is 0 Å².